The Kier molecular flexibility index (Phi) is 5.40. The standard InChI is InChI=1S/C14H16F3NO4/c1-3-22-10-6-4-9(5-7-10)8-13(2,12(20)21)18-11(19)14(15,16)17/h4-7H,3,8H2,1-2H3,(H,18,19)(H,20,21)/t13-/m0/s1. The number of amides is 1. The zero-order valence-corrected chi connectivity index (χ0v) is 12.0. The molecular weight excluding hydrogens is 303 g/mol. The van der Waals surface area contributed by atoms with E-state index < -0.39 is 23.6 Å². The van der Waals surface area contributed by atoms with E-state index in [0.717, 1.165) is 6.92 Å². The summed E-state index contributed by atoms with van der Waals surface area (Å²) in [6, 6.07) is 6.22. The maximum Gasteiger partial charge on any atom is 0.471 e. The molecule has 0 fully saturated rings. The number of carboxylic acid groups (broad SMARTS) is 1. The summed E-state index contributed by atoms with van der Waals surface area (Å²) in [5.41, 5.74) is -1.62. The minimum absolute atomic E-state index is 0.295. The molecule has 0 saturated carbocycles. The van der Waals surface area contributed by atoms with Crippen LogP contribution >= 0.6 is 0 Å². The molecule has 0 unspecified atom stereocenters. The molecule has 5 nitrogen and oxygen atoms in total. The second-order valence-corrected chi connectivity index (χ2v) is 4.84. The van der Waals surface area contributed by atoms with E-state index in [2.05, 4.69) is 0 Å². The van der Waals surface area contributed by atoms with Gasteiger partial charge in [-0.05, 0) is 31.5 Å². The smallest absolute Gasteiger partial charge is 0.471 e. The molecule has 122 valence electrons. The summed E-state index contributed by atoms with van der Waals surface area (Å²) < 4.78 is 42.1. The molecule has 0 heterocycles. The quantitative estimate of drug-likeness (QED) is 0.842. The fourth-order valence-corrected chi connectivity index (χ4v) is 1.77. The SMILES string of the molecule is CCOc1ccc(C[C@](C)(NC(=O)C(F)(F)F)C(=O)O)cc1. The molecule has 0 radical (unpaired) electrons. The van der Waals surface area contributed by atoms with Crippen LogP contribution in [-0.4, -0.2) is 35.3 Å². The van der Waals surface area contributed by atoms with Crippen LogP contribution in [0.25, 0.3) is 0 Å². The topological polar surface area (TPSA) is 75.6 Å². The van der Waals surface area contributed by atoms with Crippen molar-refractivity contribution < 1.29 is 32.6 Å². The Morgan fingerprint density at radius 2 is 1.77 bits per heavy atom. The van der Waals surface area contributed by atoms with Crippen LogP contribution < -0.4 is 10.1 Å². The van der Waals surface area contributed by atoms with Crippen molar-refractivity contribution in [2.24, 2.45) is 0 Å². The Bertz CT molecular complexity index is 542. The molecule has 0 spiro atoms. The van der Waals surface area contributed by atoms with Crippen molar-refractivity contribution >= 4 is 11.9 Å². The number of alkyl halides is 3. The molecule has 8 heteroatoms. The first-order valence-corrected chi connectivity index (χ1v) is 6.43. The van der Waals surface area contributed by atoms with Gasteiger partial charge in [-0.15, -0.1) is 0 Å². The zero-order valence-electron chi connectivity index (χ0n) is 12.0. The number of halogens is 3. The van der Waals surface area contributed by atoms with E-state index in [9.17, 15) is 22.8 Å². The van der Waals surface area contributed by atoms with E-state index >= 15 is 0 Å². The Morgan fingerprint density at radius 1 is 1.23 bits per heavy atom. The molecule has 1 amide bonds. The molecule has 1 rings (SSSR count). The highest BCUT2D eigenvalue weighted by atomic mass is 19.4. The number of hydrogen-bond acceptors (Lipinski definition) is 3. The number of carboxylic acids is 1. The summed E-state index contributed by atoms with van der Waals surface area (Å²) in [4.78, 5) is 22.2. The molecule has 0 aliphatic carbocycles. The van der Waals surface area contributed by atoms with Crippen LogP contribution in [0.15, 0.2) is 24.3 Å². The third-order valence-corrected chi connectivity index (χ3v) is 2.91. The number of hydrogen-bond donors (Lipinski definition) is 2. The summed E-state index contributed by atoms with van der Waals surface area (Å²) >= 11 is 0. The van der Waals surface area contributed by atoms with Crippen LogP contribution in [0.2, 0.25) is 0 Å². The molecule has 0 saturated heterocycles. The van der Waals surface area contributed by atoms with Gasteiger partial charge in [0.15, 0.2) is 0 Å². The lowest BCUT2D eigenvalue weighted by atomic mass is 9.92. The Balaban J connectivity index is 2.91. The first-order chi connectivity index (χ1) is 10.1. The van der Waals surface area contributed by atoms with Gasteiger partial charge in [-0.2, -0.15) is 13.2 Å². The minimum Gasteiger partial charge on any atom is -0.494 e. The summed E-state index contributed by atoms with van der Waals surface area (Å²) in [7, 11) is 0. The number of aliphatic carboxylic acids is 1. The third-order valence-electron chi connectivity index (χ3n) is 2.91. The Morgan fingerprint density at radius 3 is 2.18 bits per heavy atom. The Hall–Kier alpha value is -2.25. The summed E-state index contributed by atoms with van der Waals surface area (Å²) in [5.74, 6) is -3.29. The van der Waals surface area contributed by atoms with Crippen molar-refractivity contribution in [3.05, 3.63) is 29.8 Å². The van der Waals surface area contributed by atoms with E-state index in [1.54, 1.807) is 19.1 Å². The predicted octanol–water partition coefficient (Wildman–Crippen LogP) is 2.15. The van der Waals surface area contributed by atoms with Gasteiger partial charge in [0, 0.05) is 6.42 Å². The molecule has 0 aliphatic rings. The summed E-state index contributed by atoms with van der Waals surface area (Å²) in [6.45, 7) is 3.27. The van der Waals surface area contributed by atoms with Gasteiger partial charge >= 0.3 is 18.1 Å². The molecule has 1 aromatic carbocycles. The maximum absolute atomic E-state index is 12.3. The summed E-state index contributed by atoms with van der Waals surface area (Å²) in [5, 5.41) is 10.7. The second kappa shape index (κ2) is 6.67. The van der Waals surface area contributed by atoms with Crippen LogP contribution in [0.3, 0.4) is 0 Å². The predicted molar refractivity (Wildman–Crippen MR) is 71.6 cm³/mol. The minimum atomic E-state index is -5.14. The first-order valence-electron chi connectivity index (χ1n) is 6.43. The largest absolute Gasteiger partial charge is 0.494 e. The number of ether oxygens (including phenoxy) is 1. The lowest BCUT2D eigenvalue weighted by Gasteiger charge is -2.27. The van der Waals surface area contributed by atoms with E-state index in [0.29, 0.717) is 17.9 Å². The van der Waals surface area contributed by atoms with E-state index in [4.69, 9.17) is 9.84 Å². The maximum atomic E-state index is 12.3. The highest BCUT2D eigenvalue weighted by Gasteiger charge is 2.45. The van der Waals surface area contributed by atoms with Crippen LogP contribution in [0.4, 0.5) is 13.2 Å². The molecule has 0 aromatic heterocycles. The van der Waals surface area contributed by atoms with Gasteiger partial charge in [-0.25, -0.2) is 4.79 Å². The molecule has 0 bridgehead atoms. The van der Waals surface area contributed by atoms with Crippen molar-refractivity contribution in [1.29, 1.82) is 0 Å². The number of carbonyl (C=O) groups excluding carboxylic acids is 1. The van der Waals surface area contributed by atoms with E-state index in [-0.39, 0.29) is 6.42 Å². The van der Waals surface area contributed by atoms with E-state index in [1.165, 1.54) is 17.4 Å². The van der Waals surface area contributed by atoms with Crippen molar-refractivity contribution in [3.8, 4) is 5.75 Å². The van der Waals surface area contributed by atoms with Gasteiger partial charge in [0.1, 0.15) is 11.3 Å². The lowest BCUT2D eigenvalue weighted by Crippen LogP contribution is -2.57. The molecule has 1 aromatic rings. The third kappa shape index (κ3) is 4.64. The van der Waals surface area contributed by atoms with Gasteiger partial charge in [-0.1, -0.05) is 12.1 Å². The average molecular weight is 319 g/mol. The van der Waals surface area contributed by atoms with Crippen molar-refractivity contribution in [1.82, 2.24) is 5.32 Å². The highest BCUT2D eigenvalue weighted by Crippen LogP contribution is 2.21. The lowest BCUT2D eigenvalue weighted by molar-refractivity contribution is -0.177. The van der Waals surface area contributed by atoms with Crippen LogP contribution in [0.5, 0.6) is 5.75 Å². The monoisotopic (exact) mass is 319 g/mol. The van der Waals surface area contributed by atoms with Gasteiger partial charge in [0.25, 0.3) is 0 Å². The summed E-state index contributed by atoms with van der Waals surface area (Å²) in [6.07, 6.45) is -5.44. The normalized spacial score (nSPS) is 14.0. The van der Waals surface area contributed by atoms with Crippen LogP contribution in [0.1, 0.15) is 19.4 Å². The fourth-order valence-electron chi connectivity index (χ4n) is 1.77. The fraction of sp³-hybridized carbons (Fsp3) is 0.429. The first kappa shape index (κ1) is 17.8. The number of rotatable bonds is 6. The highest BCUT2D eigenvalue weighted by molar-refractivity contribution is 5.89. The van der Waals surface area contributed by atoms with Gasteiger partial charge in [0.2, 0.25) is 0 Å². The number of nitrogens with one attached hydrogen (secondary N) is 1. The van der Waals surface area contributed by atoms with Gasteiger partial charge < -0.3 is 15.2 Å². The van der Waals surface area contributed by atoms with Crippen molar-refractivity contribution in [2.45, 2.75) is 32.0 Å². The molecule has 22 heavy (non-hydrogen) atoms. The average Bonchev–Trinajstić information content (AvgIpc) is 2.40. The molecule has 1 atom stereocenters. The Labute approximate surface area is 125 Å². The van der Waals surface area contributed by atoms with Gasteiger partial charge in [-0.3, -0.25) is 4.79 Å². The number of carbonyl (C=O) groups is 2. The van der Waals surface area contributed by atoms with Crippen molar-refractivity contribution in [2.75, 3.05) is 6.61 Å². The van der Waals surface area contributed by atoms with Crippen LogP contribution in [0, 0.1) is 0 Å². The molecular formula is C14H16F3NO4. The van der Waals surface area contributed by atoms with Gasteiger partial charge in [0.05, 0.1) is 6.61 Å². The van der Waals surface area contributed by atoms with E-state index in [1.807, 2.05) is 0 Å². The second-order valence-electron chi connectivity index (χ2n) is 4.84. The van der Waals surface area contributed by atoms with Crippen molar-refractivity contribution in [3.63, 3.8) is 0 Å². The zero-order chi connectivity index (χ0) is 17.0. The molecule has 2 N–H and O–H groups in total. The van der Waals surface area contributed by atoms with Crippen LogP contribution in [-0.2, 0) is 16.0 Å². The molecule has 0 aliphatic heterocycles. The number of benzene rings is 1.